The molecule has 1 saturated heterocycles. The fourth-order valence-corrected chi connectivity index (χ4v) is 6.05. The molecule has 2 atom stereocenters. The number of nitrogens with one attached hydrogen (secondary N) is 1. The van der Waals surface area contributed by atoms with Gasteiger partial charge < -0.3 is 19.5 Å². The van der Waals surface area contributed by atoms with Crippen molar-refractivity contribution in [2.45, 2.75) is 32.9 Å². The first kappa shape index (κ1) is 26.1. The van der Waals surface area contributed by atoms with E-state index in [4.69, 9.17) is 33.5 Å². The van der Waals surface area contributed by atoms with E-state index in [9.17, 15) is 0 Å². The van der Waals surface area contributed by atoms with Gasteiger partial charge in [-0.25, -0.2) is 0 Å². The molecule has 6 rings (SSSR count). The van der Waals surface area contributed by atoms with Crippen molar-refractivity contribution in [3.8, 4) is 17.2 Å². The smallest absolute Gasteiger partial charge is 0.174 e. The molecule has 5 nitrogen and oxygen atoms in total. The summed E-state index contributed by atoms with van der Waals surface area (Å²) in [5, 5.41) is 4.93. The van der Waals surface area contributed by atoms with Crippen LogP contribution in [0.5, 0.6) is 11.5 Å². The van der Waals surface area contributed by atoms with E-state index in [-0.39, 0.29) is 12.1 Å². The van der Waals surface area contributed by atoms with Crippen molar-refractivity contribution in [2.24, 2.45) is 0 Å². The Kier molecular flexibility index (Phi) is 7.05. The van der Waals surface area contributed by atoms with E-state index in [1.54, 1.807) is 0 Å². The molecular weight excluding hydrogens is 536 g/mol. The maximum Gasteiger partial charge on any atom is 0.174 e. The lowest BCUT2D eigenvalue weighted by molar-refractivity contribution is 0.479. The predicted molar refractivity (Wildman–Crippen MR) is 166 cm³/mol. The van der Waals surface area contributed by atoms with Gasteiger partial charge in [-0.1, -0.05) is 41.9 Å². The summed E-state index contributed by atoms with van der Waals surface area (Å²) < 4.78 is 8.41. The molecule has 1 fully saturated rings. The van der Waals surface area contributed by atoms with Crippen molar-refractivity contribution in [1.82, 2.24) is 14.9 Å². The second-order valence-electron chi connectivity index (χ2n) is 10.00. The summed E-state index contributed by atoms with van der Waals surface area (Å²) in [4.78, 5) is 6.89. The number of benzene rings is 3. The molecule has 0 spiro atoms. The van der Waals surface area contributed by atoms with E-state index in [1.165, 1.54) is 5.56 Å². The average Bonchev–Trinajstić information content (AvgIpc) is 3.45. The molecule has 0 unspecified atom stereocenters. The van der Waals surface area contributed by atoms with Crippen molar-refractivity contribution in [3.63, 3.8) is 0 Å². The van der Waals surface area contributed by atoms with Crippen LogP contribution < -0.4 is 15.0 Å². The van der Waals surface area contributed by atoms with E-state index in [1.807, 2.05) is 85.9 Å². The number of aryl methyl sites for hydroxylation is 2. The molecule has 0 saturated carbocycles. The summed E-state index contributed by atoms with van der Waals surface area (Å²) in [6, 6.07) is 32.0. The maximum atomic E-state index is 6.36. The Morgan fingerprint density at radius 1 is 0.850 bits per heavy atom. The van der Waals surface area contributed by atoms with E-state index in [0.29, 0.717) is 10.1 Å². The third-order valence-electron chi connectivity index (χ3n) is 7.39. The van der Waals surface area contributed by atoms with Crippen LogP contribution in [0.1, 0.15) is 40.3 Å². The second-order valence-corrected chi connectivity index (χ2v) is 10.8. The molecule has 0 amide bonds. The number of pyridine rings is 1. The minimum Gasteiger partial charge on any atom is -0.457 e. The first-order valence-electron chi connectivity index (χ1n) is 13.2. The minimum absolute atomic E-state index is 0.121. The third kappa shape index (κ3) is 4.85. The number of nitrogens with zero attached hydrogens (tertiary/aromatic N) is 3. The van der Waals surface area contributed by atoms with E-state index in [2.05, 4.69) is 52.9 Å². The quantitative estimate of drug-likeness (QED) is 0.210. The highest BCUT2D eigenvalue weighted by Crippen LogP contribution is 2.44. The molecule has 3 aromatic carbocycles. The lowest BCUT2D eigenvalue weighted by Crippen LogP contribution is -2.29. The Labute approximate surface area is 245 Å². The molecule has 1 aliphatic heterocycles. The number of hydrogen-bond acceptors (Lipinski definition) is 3. The Morgan fingerprint density at radius 3 is 2.35 bits per heavy atom. The fraction of sp³-hybridized carbons (Fsp3) is 0.152. The molecule has 1 aliphatic rings. The number of thiocarbonyl (C=S) groups is 1. The fourth-order valence-electron chi connectivity index (χ4n) is 5.52. The van der Waals surface area contributed by atoms with Crippen LogP contribution in [-0.4, -0.2) is 14.7 Å². The highest BCUT2D eigenvalue weighted by Gasteiger charge is 2.42. The first-order chi connectivity index (χ1) is 19.4. The van der Waals surface area contributed by atoms with Gasteiger partial charge in [0.2, 0.25) is 0 Å². The van der Waals surface area contributed by atoms with Gasteiger partial charge in [-0.3, -0.25) is 4.98 Å². The zero-order valence-corrected chi connectivity index (χ0v) is 24.1. The average molecular weight is 565 g/mol. The standard InChI is InChI=1S/C33H29ClN4OS/c1-21-9-4-5-13-30(21)39-27-16-14-25(15-17-27)38-32(31(36-33(38)40)29-12-6-7-18-35-29)28-19-22(2)37(23(28)3)26-11-8-10-24(34)20-26/h4-20,31-32H,1-3H3,(H,36,40)/t31-,32+/m1/s1. The number of hydrogen-bond donors (Lipinski definition) is 1. The summed E-state index contributed by atoms with van der Waals surface area (Å²) in [7, 11) is 0. The van der Waals surface area contributed by atoms with Gasteiger partial charge in [0.25, 0.3) is 0 Å². The highest BCUT2D eigenvalue weighted by molar-refractivity contribution is 7.80. The molecule has 40 heavy (non-hydrogen) atoms. The lowest BCUT2D eigenvalue weighted by atomic mass is 9.96. The second kappa shape index (κ2) is 10.8. The summed E-state index contributed by atoms with van der Waals surface area (Å²) in [5.41, 5.74) is 7.44. The van der Waals surface area contributed by atoms with Crippen LogP contribution in [0.4, 0.5) is 5.69 Å². The van der Waals surface area contributed by atoms with Crippen molar-refractivity contribution >= 4 is 34.6 Å². The molecule has 200 valence electrons. The van der Waals surface area contributed by atoms with Gasteiger partial charge in [0.1, 0.15) is 11.5 Å². The normalized spacial score (nSPS) is 16.7. The van der Waals surface area contributed by atoms with Gasteiger partial charge in [-0.15, -0.1) is 0 Å². The molecule has 3 heterocycles. The number of aromatic nitrogens is 2. The number of rotatable bonds is 6. The number of halogens is 1. The van der Waals surface area contributed by atoms with Crippen molar-refractivity contribution < 1.29 is 4.74 Å². The number of ether oxygens (including phenoxy) is 1. The Bertz CT molecular complexity index is 1680. The number of para-hydroxylation sites is 1. The van der Waals surface area contributed by atoms with Crippen LogP contribution in [0, 0.1) is 20.8 Å². The Morgan fingerprint density at radius 2 is 1.62 bits per heavy atom. The Hall–Kier alpha value is -4.13. The molecule has 7 heteroatoms. The summed E-state index contributed by atoms with van der Waals surface area (Å²) in [5.74, 6) is 1.61. The minimum atomic E-state index is -0.134. The van der Waals surface area contributed by atoms with Crippen molar-refractivity contribution in [3.05, 3.63) is 136 Å². The Balaban J connectivity index is 1.42. The monoisotopic (exact) mass is 564 g/mol. The lowest BCUT2D eigenvalue weighted by Gasteiger charge is -2.28. The number of anilines is 1. The van der Waals surface area contributed by atoms with Gasteiger partial charge >= 0.3 is 0 Å². The first-order valence-corrected chi connectivity index (χ1v) is 14.0. The summed E-state index contributed by atoms with van der Waals surface area (Å²) >= 11 is 12.3. The van der Waals surface area contributed by atoms with Crippen molar-refractivity contribution in [1.29, 1.82) is 0 Å². The summed E-state index contributed by atoms with van der Waals surface area (Å²) in [6.45, 7) is 6.31. The van der Waals surface area contributed by atoms with Gasteiger partial charge in [0, 0.05) is 34.0 Å². The van der Waals surface area contributed by atoms with Gasteiger partial charge in [0.15, 0.2) is 5.11 Å². The van der Waals surface area contributed by atoms with Crippen LogP contribution in [0.15, 0.2) is 103 Å². The van der Waals surface area contributed by atoms with E-state index < -0.39 is 0 Å². The van der Waals surface area contributed by atoms with Crippen LogP contribution in [0.2, 0.25) is 5.02 Å². The van der Waals surface area contributed by atoms with Gasteiger partial charge in [0.05, 0.1) is 17.8 Å². The zero-order valence-electron chi connectivity index (χ0n) is 22.5. The third-order valence-corrected chi connectivity index (χ3v) is 7.94. The molecule has 0 radical (unpaired) electrons. The van der Waals surface area contributed by atoms with Crippen LogP contribution in [0.3, 0.4) is 0 Å². The topological polar surface area (TPSA) is 42.3 Å². The van der Waals surface area contributed by atoms with E-state index in [0.717, 1.165) is 45.5 Å². The molecule has 5 aromatic rings. The molecule has 0 aliphatic carbocycles. The maximum absolute atomic E-state index is 6.36. The van der Waals surface area contributed by atoms with Gasteiger partial charge in [-0.2, -0.15) is 0 Å². The zero-order chi connectivity index (χ0) is 27.8. The predicted octanol–water partition coefficient (Wildman–Crippen LogP) is 8.42. The van der Waals surface area contributed by atoms with Crippen LogP contribution in [-0.2, 0) is 0 Å². The highest BCUT2D eigenvalue weighted by atomic mass is 35.5. The van der Waals surface area contributed by atoms with Crippen molar-refractivity contribution in [2.75, 3.05) is 4.90 Å². The van der Waals surface area contributed by atoms with Crippen LogP contribution in [0.25, 0.3) is 5.69 Å². The van der Waals surface area contributed by atoms with Gasteiger partial charge in [-0.05, 0) is 111 Å². The summed E-state index contributed by atoms with van der Waals surface area (Å²) in [6.07, 6.45) is 1.83. The molecule has 1 N–H and O–H groups in total. The SMILES string of the molecule is Cc1ccccc1Oc1ccc(N2C(=S)N[C@H](c3ccccn3)[C@@H]2c2cc(C)n(-c3cccc(Cl)c3)c2C)cc1. The van der Waals surface area contributed by atoms with Crippen LogP contribution >= 0.6 is 23.8 Å². The molecule has 0 bridgehead atoms. The molecule has 2 aromatic heterocycles. The molecular formula is C33H29ClN4OS. The largest absolute Gasteiger partial charge is 0.457 e. The van der Waals surface area contributed by atoms with E-state index >= 15 is 0 Å².